The monoisotopic (exact) mass is 191 g/mol. The predicted octanol–water partition coefficient (Wildman–Crippen LogP) is 2.91. The number of rotatable bonds is 3. The minimum Gasteiger partial charge on any atom is -0.292 e. The van der Waals surface area contributed by atoms with Gasteiger partial charge in [-0.3, -0.25) is 4.90 Å². The average Bonchev–Trinajstić information content (AvgIpc) is 2.30. The van der Waals surface area contributed by atoms with E-state index in [-0.39, 0.29) is 18.5 Å². The molecule has 0 N–H and O–H groups in total. The zero-order valence-corrected chi connectivity index (χ0v) is 8.74. The van der Waals surface area contributed by atoms with E-state index in [2.05, 4.69) is 20.8 Å². The number of halogens is 2. The fourth-order valence-corrected chi connectivity index (χ4v) is 2.02. The normalized spacial score (nSPS) is 23.8. The molecule has 1 nitrogen and oxygen atoms in total. The molecule has 0 aromatic rings. The Bertz CT molecular complexity index is 178. The second kappa shape index (κ2) is 3.52. The first kappa shape index (κ1) is 10.9. The Labute approximate surface area is 79.1 Å². The highest BCUT2D eigenvalue weighted by Crippen LogP contribution is 2.33. The quantitative estimate of drug-likeness (QED) is 0.663. The molecule has 0 radical (unpaired) electrons. The Morgan fingerprint density at radius 3 is 2.38 bits per heavy atom. The van der Waals surface area contributed by atoms with Crippen LogP contribution in [0.5, 0.6) is 0 Å². The largest absolute Gasteiger partial charge is 0.292 e. The SMILES string of the molecule is CCCC(C)(C)N1CCC(F)(F)C1. The van der Waals surface area contributed by atoms with Gasteiger partial charge in [0.15, 0.2) is 0 Å². The second-order valence-corrected chi connectivity index (χ2v) is 4.59. The maximum atomic E-state index is 12.9. The average molecular weight is 191 g/mol. The van der Waals surface area contributed by atoms with Gasteiger partial charge in [-0.1, -0.05) is 13.3 Å². The van der Waals surface area contributed by atoms with E-state index in [1.165, 1.54) is 0 Å². The van der Waals surface area contributed by atoms with Crippen molar-refractivity contribution in [2.24, 2.45) is 0 Å². The summed E-state index contributed by atoms with van der Waals surface area (Å²) >= 11 is 0. The molecule has 13 heavy (non-hydrogen) atoms. The van der Waals surface area contributed by atoms with E-state index in [1.807, 2.05) is 4.90 Å². The van der Waals surface area contributed by atoms with Crippen LogP contribution in [0.4, 0.5) is 8.78 Å². The van der Waals surface area contributed by atoms with Crippen molar-refractivity contribution in [1.82, 2.24) is 4.90 Å². The summed E-state index contributed by atoms with van der Waals surface area (Å²) in [4.78, 5) is 1.91. The third-order valence-corrected chi connectivity index (χ3v) is 2.89. The minimum atomic E-state index is -2.45. The molecule has 0 atom stereocenters. The molecule has 1 heterocycles. The molecule has 1 aliphatic rings. The maximum absolute atomic E-state index is 12.9. The van der Waals surface area contributed by atoms with Gasteiger partial charge in [-0.05, 0) is 20.3 Å². The molecule has 78 valence electrons. The van der Waals surface area contributed by atoms with Crippen molar-refractivity contribution < 1.29 is 8.78 Å². The van der Waals surface area contributed by atoms with E-state index < -0.39 is 5.92 Å². The number of hydrogen-bond acceptors (Lipinski definition) is 1. The minimum absolute atomic E-state index is 0.0279. The highest BCUT2D eigenvalue weighted by atomic mass is 19.3. The molecule has 1 fully saturated rings. The highest BCUT2D eigenvalue weighted by molar-refractivity contribution is 4.90. The van der Waals surface area contributed by atoms with E-state index in [9.17, 15) is 8.78 Å². The van der Waals surface area contributed by atoms with Crippen LogP contribution in [-0.2, 0) is 0 Å². The molecule has 0 aromatic carbocycles. The van der Waals surface area contributed by atoms with Gasteiger partial charge in [0.1, 0.15) is 0 Å². The molecule has 1 rings (SSSR count). The first-order chi connectivity index (χ1) is 5.87. The first-order valence-corrected chi connectivity index (χ1v) is 5.00. The van der Waals surface area contributed by atoms with Gasteiger partial charge in [0.05, 0.1) is 6.54 Å². The maximum Gasteiger partial charge on any atom is 0.261 e. The lowest BCUT2D eigenvalue weighted by Gasteiger charge is -2.35. The van der Waals surface area contributed by atoms with Crippen molar-refractivity contribution in [3.05, 3.63) is 0 Å². The summed E-state index contributed by atoms with van der Waals surface area (Å²) in [6, 6.07) is 0. The summed E-state index contributed by atoms with van der Waals surface area (Å²) in [6.07, 6.45) is 2.07. The van der Waals surface area contributed by atoms with Crippen LogP contribution in [0.2, 0.25) is 0 Å². The van der Waals surface area contributed by atoms with Gasteiger partial charge in [-0.15, -0.1) is 0 Å². The molecule has 0 bridgehead atoms. The molecule has 3 heteroatoms. The fourth-order valence-electron chi connectivity index (χ4n) is 2.02. The van der Waals surface area contributed by atoms with Crippen molar-refractivity contribution >= 4 is 0 Å². The third kappa shape index (κ3) is 2.63. The Morgan fingerprint density at radius 2 is 2.00 bits per heavy atom. The summed E-state index contributed by atoms with van der Waals surface area (Å²) in [7, 11) is 0. The van der Waals surface area contributed by atoms with Crippen LogP contribution >= 0.6 is 0 Å². The van der Waals surface area contributed by atoms with Crippen LogP contribution in [0.15, 0.2) is 0 Å². The van der Waals surface area contributed by atoms with Gasteiger partial charge in [0.2, 0.25) is 0 Å². The van der Waals surface area contributed by atoms with Crippen molar-refractivity contribution in [1.29, 1.82) is 0 Å². The van der Waals surface area contributed by atoms with Crippen LogP contribution in [0.25, 0.3) is 0 Å². The van der Waals surface area contributed by atoms with Gasteiger partial charge < -0.3 is 0 Å². The van der Waals surface area contributed by atoms with Crippen molar-refractivity contribution in [2.45, 2.75) is 51.5 Å². The zero-order chi connectivity index (χ0) is 10.1. The smallest absolute Gasteiger partial charge is 0.261 e. The Kier molecular flexibility index (Phi) is 2.95. The number of hydrogen-bond donors (Lipinski definition) is 0. The van der Waals surface area contributed by atoms with Gasteiger partial charge in [0, 0.05) is 18.5 Å². The second-order valence-electron chi connectivity index (χ2n) is 4.59. The molecule has 0 aliphatic carbocycles. The van der Waals surface area contributed by atoms with Crippen LogP contribution in [0, 0.1) is 0 Å². The number of nitrogens with zero attached hydrogens (tertiary/aromatic N) is 1. The van der Waals surface area contributed by atoms with E-state index >= 15 is 0 Å². The topological polar surface area (TPSA) is 3.24 Å². The zero-order valence-electron chi connectivity index (χ0n) is 8.74. The molecule has 0 amide bonds. The van der Waals surface area contributed by atoms with Crippen LogP contribution in [-0.4, -0.2) is 29.5 Å². The summed E-state index contributed by atoms with van der Waals surface area (Å²) in [6.45, 7) is 6.69. The van der Waals surface area contributed by atoms with Crippen molar-refractivity contribution in [3.8, 4) is 0 Å². The molecular formula is C10H19F2N. The van der Waals surface area contributed by atoms with Crippen LogP contribution in [0.1, 0.15) is 40.0 Å². The summed E-state index contributed by atoms with van der Waals surface area (Å²) in [5, 5.41) is 0. The number of alkyl halides is 2. The van der Waals surface area contributed by atoms with Gasteiger partial charge >= 0.3 is 0 Å². The Balaban J connectivity index is 2.54. The molecular weight excluding hydrogens is 172 g/mol. The lowest BCUT2D eigenvalue weighted by molar-refractivity contribution is -0.00142. The van der Waals surface area contributed by atoms with Gasteiger partial charge in [-0.2, -0.15) is 0 Å². The number of likely N-dealkylation sites (tertiary alicyclic amines) is 1. The first-order valence-electron chi connectivity index (χ1n) is 5.00. The summed E-state index contributed by atoms with van der Waals surface area (Å²) in [5.74, 6) is -2.45. The highest BCUT2D eigenvalue weighted by Gasteiger charge is 2.43. The van der Waals surface area contributed by atoms with E-state index in [0.717, 1.165) is 12.8 Å². The van der Waals surface area contributed by atoms with E-state index in [4.69, 9.17) is 0 Å². The van der Waals surface area contributed by atoms with Gasteiger partial charge in [0.25, 0.3) is 5.92 Å². The molecule has 0 unspecified atom stereocenters. The third-order valence-electron chi connectivity index (χ3n) is 2.89. The molecule has 0 aromatic heterocycles. The lowest BCUT2D eigenvalue weighted by atomic mass is 9.97. The summed E-state index contributed by atoms with van der Waals surface area (Å²) in [5.41, 5.74) is -0.0608. The molecule has 0 saturated carbocycles. The van der Waals surface area contributed by atoms with Crippen molar-refractivity contribution in [2.75, 3.05) is 13.1 Å². The predicted molar refractivity (Wildman–Crippen MR) is 50.1 cm³/mol. The molecule has 1 saturated heterocycles. The van der Waals surface area contributed by atoms with Crippen LogP contribution < -0.4 is 0 Å². The molecule has 1 aliphatic heterocycles. The van der Waals surface area contributed by atoms with E-state index in [0.29, 0.717) is 6.54 Å². The van der Waals surface area contributed by atoms with Gasteiger partial charge in [-0.25, -0.2) is 8.78 Å². The van der Waals surface area contributed by atoms with Crippen molar-refractivity contribution in [3.63, 3.8) is 0 Å². The summed E-state index contributed by atoms with van der Waals surface area (Å²) < 4.78 is 25.8. The Morgan fingerprint density at radius 1 is 1.38 bits per heavy atom. The van der Waals surface area contributed by atoms with Crippen LogP contribution in [0.3, 0.4) is 0 Å². The Hall–Kier alpha value is -0.180. The standard InChI is InChI=1S/C10H19F2N/c1-4-5-9(2,3)13-7-6-10(11,12)8-13/h4-8H2,1-3H3. The molecule has 0 spiro atoms. The fraction of sp³-hybridized carbons (Fsp3) is 1.00. The lowest BCUT2D eigenvalue weighted by Crippen LogP contribution is -2.43. The van der Waals surface area contributed by atoms with E-state index in [1.54, 1.807) is 0 Å².